The summed E-state index contributed by atoms with van der Waals surface area (Å²) >= 11 is 0. The van der Waals surface area contributed by atoms with Crippen LogP contribution in [0.25, 0.3) is 0 Å². The Hall–Kier alpha value is -0.0800. The van der Waals surface area contributed by atoms with Crippen LogP contribution in [0.4, 0.5) is 0 Å². The van der Waals surface area contributed by atoms with E-state index in [4.69, 9.17) is 5.11 Å². The van der Waals surface area contributed by atoms with E-state index in [1.807, 2.05) is 0 Å². The van der Waals surface area contributed by atoms with E-state index in [1.54, 1.807) is 0 Å². The molecule has 2 heteroatoms. The molecule has 0 aliphatic heterocycles. The lowest BCUT2D eigenvalue weighted by atomic mass is 9.98. The van der Waals surface area contributed by atoms with E-state index in [0.29, 0.717) is 0 Å². The van der Waals surface area contributed by atoms with Crippen LogP contribution >= 0.6 is 0 Å². The van der Waals surface area contributed by atoms with Crippen molar-refractivity contribution in [2.45, 2.75) is 25.7 Å². The minimum Gasteiger partial charge on any atom is -0.395 e. The summed E-state index contributed by atoms with van der Waals surface area (Å²) in [5, 5.41) is 12.0. The Morgan fingerprint density at radius 3 is 2.17 bits per heavy atom. The van der Waals surface area contributed by atoms with Gasteiger partial charge in [-0.05, 0) is 50.0 Å². The van der Waals surface area contributed by atoms with E-state index < -0.39 is 0 Å². The van der Waals surface area contributed by atoms with Crippen LogP contribution in [0, 0.1) is 17.8 Å². The molecule has 2 rings (SSSR count). The van der Waals surface area contributed by atoms with E-state index in [9.17, 15) is 0 Å². The molecule has 0 aromatic carbocycles. The lowest BCUT2D eigenvalue weighted by Gasteiger charge is -2.15. The number of hydrogen-bond donors (Lipinski definition) is 2. The van der Waals surface area contributed by atoms with E-state index in [0.717, 1.165) is 30.8 Å². The van der Waals surface area contributed by atoms with E-state index in [1.165, 1.54) is 25.7 Å². The Kier molecular flexibility index (Phi) is 2.66. The highest BCUT2D eigenvalue weighted by molar-refractivity contribution is 4.92. The molecule has 0 amide bonds. The van der Waals surface area contributed by atoms with Gasteiger partial charge in [0.25, 0.3) is 0 Å². The minimum atomic E-state index is 0.280. The molecular formula is C10H19NO. The van der Waals surface area contributed by atoms with Gasteiger partial charge in [-0.15, -0.1) is 0 Å². The van der Waals surface area contributed by atoms with Crippen LogP contribution < -0.4 is 5.32 Å². The maximum Gasteiger partial charge on any atom is 0.0555 e. The van der Waals surface area contributed by atoms with Crippen molar-refractivity contribution < 1.29 is 5.11 Å². The van der Waals surface area contributed by atoms with Gasteiger partial charge in [0.2, 0.25) is 0 Å². The lowest BCUT2D eigenvalue weighted by molar-refractivity contribution is 0.281. The molecule has 0 radical (unpaired) electrons. The second-order valence-corrected chi connectivity index (χ2v) is 4.27. The number of aliphatic hydroxyl groups excluding tert-OH is 1. The van der Waals surface area contributed by atoms with Gasteiger partial charge in [-0.25, -0.2) is 0 Å². The van der Waals surface area contributed by atoms with Gasteiger partial charge in [0.05, 0.1) is 6.61 Å². The quantitative estimate of drug-likeness (QED) is 0.581. The van der Waals surface area contributed by atoms with Crippen LogP contribution in [-0.2, 0) is 0 Å². The van der Waals surface area contributed by atoms with Crippen LogP contribution in [0.2, 0.25) is 0 Å². The van der Waals surface area contributed by atoms with Crippen molar-refractivity contribution in [3.63, 3.8) is 0 Å². The first-order chi connectivity index (χ1) is 5.92. The first-order valence-electron chi connectivity index (χ1n) is 5.23. The lowest BCUT2D eigenvalue weighted by Crippen LogP contribution is -2.27. The Morgan fingerprint density at radius 1 is 1.17 bits per heavy atom. The third kappa shape index (κ3) is 2.20. The Morgan fingerprint density at radius 2 is 1.75 bits per heavy atom. The summed E-state index contributed by atoms with van der Waals surface area (Å²) in [4.78, 5) is 0. The average Bonchev–Trinajstić information content (AvgIpc) is 2.87. The molecule has 0 heterocycles. The third-order valence-electron chi connectivity index (χ3n) is 3.12. The second-order valence-electron chi connectivity index (χ2n) is 4.27. The standard InChI is InChI=1S/C10H19NO/c12-6-5-11-7-10(8-1-2-8)9-3-4-9/h8-12H,1-7H2. The van der Waals surface area contributed by atoms with Gasteiger partial charge in [0.15, 0.2) is 0 Å². The van der Waals surface area contributed by atoms with E-state index in [2.05, 4.69) is 5.32 Å². The van der Waals surface area contributed by atoms with Crippen molar-refractivity contribution in [2.24, 2.45) is 17.8 Å². The van der Waals surface area contributed by atoms with Crippen LogP contribution in [0.5, 0.6) is 0 Å². The van der Waals surface area contributed by atoms with Gasteiger partial charge in [-0.1, -0.05) is 0 Å². The monoisotopic (exact) mass is 169 g/mol. The van der Waals surface area contributed by atoms with Crippen molar-refractivity contribution in [1.29, 1.82) is 0 Å². The number of hydrogen-bond acceptors (Lipinski definition) is 2. The predicted molar refractivity (Wildman–Crippen MR) is 48.9 cm³/mol. The summed E-state index contributed by atoms with van der Waals surface area (Å²) in [6.45, 7) is 2.20. The highest BCUT2D eigenvalue weighted by Gasteiger charge is 2.40. The molecule has 2 N–H and O–H groups in total. The van der Waals surface area contributed by atoms with E-state index >= 15 is 0 Å². The molecule has 70 valence electrons. The third-order valence-corrected chi connectivity index (χ3v) is 3.12. The summed E-state index contributed by atoms with van der Waals surface area (Å²) in [7, 11) is 0. The molecule has 12 heavy (non-hydrogen) atoms. The van der Waals surface area contributed by atoms with Gasteiger partial charge >= 0.3 is 0 Å². The van der Waals surface area contributed by atoms with Crippen molar-refractivity contribution in [2.75, 3.05) is 19.7 Å². The number of aliphatic hydroxyl groups is 1. The molecular weight excluding hydrogens is 150 g/mol. The first kappa shape index (κ1) is 8.52. The topological polar surface area (TPSA) is 32.3 Å². The second kappa shape index (κ2) is 3.75. The molecule has 2 fully saturated rings. The van der Waals surface area contributed by atoms with Crippen molar-refractivity contribution in [3.8, 4) is 0 Å². The van der Waals surface area contributed by atoms with Gasteiger partial charge in [-0.2, -0.15) is 0 Å². The Labute approximate surface area is 74.4 Å². The van der Waals surface area contributed by atoms with Crippen molar-refractivity contribution >= 4 is 0 Å². The summed E-state index contributed by atoms with van der Waals surface area (Å²) in [5.41, 5.74) is 0. The number of nitrogens with one attached hydrogen (secondary N) is 1. The fourth-order valence-corrected chi connectivity index (χ4v) is 2.11. The Balaban J connectivity index is 1.66. The van der Waals surface area contributed by atoms with Gasteiger partial charge in [0, 0.05) is 6.54 Å². The molecule has 0 bridgehead atoms. The van der Waals surface area contributed by atoms with Crippen LogP contribution in [0.15, 0.2) is 0 Å². The fraction of sp³-hybridized carbons (Fsp3) is 1.00. The van der Waals surface area contributed by atoms with Crippen molar-refractivity contribution in [1.82, 2.24) is 5.32 Å². The van der Waals surface area contributed by atoms with Gasteiger partial charge in [0.1, 0.15) is 0 Å². The molecule has 0 aromatic heterocycles. The molecule has 2 aliphatic rings. The molecule has 0 atom stereocenters. The summed E-state index contributed by atoms with van der Waals surface area (Å²) in [5.74, 6) is 3.00. The zero-order chi connectivity index (χ0) is 8.39. The first-order valence-corrected chi connectivity index (χ1v) is 5.23. The summed E-state index contributed by atoms with van der Waals surface area (Å²) in [6, 6.07) is 0. The molecule has 0 spiro atoms. The van der Waals surface area contributed by atoms with Gasteiger partial charge < -0.3 is 10.4 Å². The highest BCUT2D eigenvalue weighted by atomic mass is 16.3. The normalized spacial score (nSPS) is 23.5. The minimum absolute atomic E-state index is 0.280. The molecule has 2 saturated carbocycles. The smallest absolute Gasteiger partial charge is 0.0555 e. The maximum absolute atomic E-state index is 8.63. The molecule has 0 aromatic rings. The molecule has 0 unspecified atom stereocenters. The summed E-state index contributed by atoms with van der Waals surface area (Å²) in [6.07, 6.45) is 5.84. The van der Waals surface area contributed by atoms with Crippen LogP contribution in [0.1, 0.15) is 25.7 Å². The van der Waals surface area contributed by atoms with Crippen LogP contribution in [-0.4, -0.2) is 24.8 Å². The van der Waals surface area contributed by atoms with Crippen molar-refractivity contribution in [3.05, 3.63) is 0 Å². The zero-order valence-corrected chi connectivity index (χ0v) is 7.63. The molecule has 0 saturated heterocycles. The SMILES string of the molecule is OCCNCC(C1CC1)C1CC1. The highest BCUT2D eigenvalue weighted by Crippen LogP contribution is 2.48. The maximum atomic E-state index is 8.63. The van der Waals surface area contributed by atoms with Crippen LogP contribution in [0.3, 0.4) is 0 Å². The summed E-state index contributed by atoms with van der Waals surface area (Å²) < 4.78 is 0. The van der Waals surface area contributed by atoms with Gasteiger partial charge in [-0.3, -0.25) is 0 Å². The Bertz CT molecular complexity index is 129. The predicted octanol–water partition coefficient (Wildman–Crippen LogP) is 1.00. The molecule has 2 nitrogen and oxygen atoms in total. The largest absolute Gasteiger partial charge is 0.395 e. The van der Waals surface area contributed by atoms with E-state index in [-0.39, 0.29) is 6.61 Å². The number of rotatable bonds is 6. The molecule has 2 aliphatic carbocycles. The fourth-order valence-electron chi connectivity index (χ4n) is 2.11. The average molecular weight is 169 g/mol. The zero-order valence-electron chi connectivity index (χ0n) is 7.63.